The van der Waals surface area contributed by atoms with Gasteiger partial charge in [0.1, 0.15) is 0 Å². The molecule has 0 fully saturated rings. The van der Waals surface area contributed by atoms with Gasteiger partial charge in [0.05, 0.1) is 11.4 Å². The van der Waals surface area contributed by atoms with Gasteiger partial charge < -0.3 is 10.6 Å². The molecule has 0 aliphatic heterocycles. The van der Waals surface area contributed by atoms with Crippen molar-refractivity contribution >= 4 is 69.0 Å². The first-order valence-electron chi connectivity index (χ1n) is 22.3. The Kier molecular flexibility index (Phi) is 18.1. The van der Waals surface area contributed by atoms with Crippen LogP contribution in [0.2, 0.25) is 0 Å². The molecule has 0 aromatic heterocycles. The molecule has 0 amide bonds. The van der Waals surface area contributed by atoms with Crippen molar-refractivity contribution in [2.75, 3.05) is 23.7 Å². The highest BCUT2D eigenvalue weighted by Crippen LogP contribution is 2.28. The Balaban J connectivity index is 1.74. The van der Waals surface area contributed by atoms with E-state index in [4.69, 9.17) is 0 Å². The van der Waals surface area contributed by atoms with Crippen molar-refractivity contribution in [3.05, 3.63) is 153 Å². The van der Waals surface area contributed by atoms with Crippen molar-refractivity contribution in [2.45, 2.75) is 65.2 Å². The first-order valence-corrected chi connectivity index (χ1v) is 22.3. The van der Waals surface area contributed by atoms with Crippen LogP contribution in [0.15, 0.2) is 46.6 Å². The number of halogens is 20. The molecule has 0 saturated carbocycles. The fraction of sp³-hybridized carbons (Fsp3) is 0.250. The van der Waals surface area contributed by atoms with Crippen LogP contribution in [-0.2, 0) is 0 Å². The van der Waals surface area contributed by atoms with E-state index in [0.717, 1.165) is 37.1 Å². The van der Waals surface area contributed by atoms with Gasteiger partial charge in [-0.25, -0.2) is 87.8 Å². The zero-order chi connectivity index (χ0) is 54.6. The maximum Gasteiger partial charge on any atom is 0.260 e. The Morgan fingerprint density at radius 3 is 0.770 bits per heavy atom. The maximum absolute atomic E-state index is 15.9. The van der Waals surface area contributed by atoms with Gasteiger partial charge >= 0.3 is 0 Å². The number of azo groups is 1. The minimum absolute atomic E-state index is 0.0230. The van der Waals surface area contributed by atoms with Crippen LogP contribution in [0.5, 0.6) is 0 Å². The Bertz CT molecular complexity index is 2690. The molecule has 2 N–H and O–H groups in total. The van der Waals surface area contributed by atoms with Gasteiger partial charge in [-0.3, -0.25) is 0 Å². The Morgan fingerprint density at radius 2 is 0.541 bits per heavy atom. The van der Waals surface area contributed by atoms with Gasteiger partial charge in [0.25, 0.3) is 13.4 Å². The van der Waals surface area contributed by atoms with Crippen LogP contribution < -0.4 is 43.4 Å². The monoisotopic (exact) mass is 1070 g/mol. The zero-order valence-electron chi connectivity index (χ0n) is 38.1. The van der Waals surface area contributed by atoms with E-state index in [1.807, 2.05) is 13.8 Å². The first-order chi connectivity index (χ1) is 35.0. The summed E-state index contributed by atoms with van der Waals surface area (Å²) >= 11 is 0. The van der Waals surface area contributed by atoms with Crippen molar-refractivity contribution < 1.29 is 87.8 Å². The molecular weight excluding hydrogens is 1030 g/mol. The van der Waals surface area contributed by atoms with Gasteiger partial charge in [-0.1, -0.05) is 52.4 Å². The van der Waals surface area contributed by atoms with Crippen LogP contribution in [0.1, 0.15) is 65.2 Å². The Labute approximate surface area is 408 Å². The second-order valence-electron chi connectivity index (χ2n) is 16.5. The zero-order valence-corrected chi connectivity index (χ0v) is 38.1. The van der Waals surface area contributed by atoms with Crippen LogP contribution >= 0.6 is 0 Å². The Hall–Kier alpha value is -6.75. The molecule has 0 heterocycles. The van der Waals surface area contributed by atoms with Gasteiger partial charge in [-0.05, 0) is 60.2 Å². The highest BCUT2D eigenvalue weighted by atomic mass is 19.2. The van der Waals surface area contributed by atoms with Crippen LogP contribution in [0.25, 0.3) is 0 Å². The third kappa shape index (κ3) is 10.8. The molecule has 0 atom stereocenters. The summed E-state index contributed by atoms with van der Waals surface area (Å²) in [6.07, 6.45) is 4.77. The van der Waals surface area contributed by atoms with Crippen molar-refractivity contribution in [2.24, 2.45) is 10.2 Å². The summed E-state index contributed by atoms with van der Waals surface area (Å²) in [5.41, 5.74) is -14.0. The molecule has 0 spiro atoms. The maximum atomic E-state index is 15.9. The fourth-order valence-corrected chi connectivity index (χ4v) is 8.06. The lowest BCUT2D eigenvalue weighted by atomic mass is 9.35. The molecule has 0 bridgehead atoms. The van der Waals surface area contributed by atoms with Crippen molar-refractivity contribution in [1.29, 1.82) is 0 Å². The SMILES string of the molecule is CCCCCCNc1ccc(N=Nc2ccc(NCCCCCC)cc2B(c2c(F)c(F)c(F)c(F)c2F)c2c(F)c(F)c(F)c(F)c2F)c(B(c2c(F)c(F)c(F)c(F)c2F)c2c(F)c(F)c(F)c(F)c2F)c1. The van der Waals surface area contributed by atoms with Gasteiger partial charge in [-0.15, -0.1) is 0 Å². The van der Waals surface area contributed by atoms with E-state index in [2.05, 4.69) is 20.9 Å². The molecule has 4 nitrogen and oxygen atoms in total. The van der Waals surface area contributed by atoms with E-state index in [1.54, 1.807) is 0 Å². The second kappa shape index (κ2) is 23.6. The van der Waals surface area contributed by atoms with E-state index in [1.165, 1.54) is 0 Å². The predicted octanol–water partition coefficient (Wildman–Crippen LogP) is 11.9. The van der Waals surface area contributed by atoms with E-state index < -0.39 is 174 Å². The fourth-order valence-electron chi connectivity index (χ4n) is 8.06. The largest absolute Gasteiger partial charge is 0.385 e. The number of unbranched alkanes of at least 4 members (excludes halogenated alkanes) is 6. The minimum atomic E-state index is -3.31. The molecule has 0 unspecified atom stereocenters. The number of nitrogens with one attached hydrogen (secondary N) is 2. The Morgan fingerprint density at radius 1 is 0.311 bits per heavy atom. The summed E-state index contributed by atoms with van der Waals surface area (Å²) in [5, 5.41) is 13.1. The summed E-state index contributed by atoms with van der Waals surface area (Å²) < 4.78 is 306. The topological polar surface area (TPSA) is 48.8 Å². The average molecular weight is 1070 g/mol. The van der Waals surface area contributed by atoms with E-state index in [9.17, 15) is 17.6 Å². The normalized spacial score (nSPS) is 11.6. The molecule has 0 radical (unpaired) electrons. The molecule has 6 aromatic carbocycles. The molecule has 392 valence electrons. The van der Waals surface area contributed by atoms with E-state index in [-0.39, 0.29) is 24.5 Å². The van der Waals surface area contributed by atoms with Crippen LogP contribution in [0.4, 0.5) is 111 Å². The van der Waals surface area contributed by atoms with Gasteiger partial charge in [0.15, 0.2) is 116 Å². The number of benzene rings is 6. The van der Waals surface area contributed by atoms with E-state index >= 15 is 70.2 Å². The van der Waals surface area contributed by atoms with Crippen LogP contribution in [-0.4, -0.2) is 26.5 Å². The van der Waals surface area contributed by atoms with Crippen LogP contribution in [0.3, 0.4) is 0 Å². The summed E-state index contributed by atoms with van der Waals surface area (Å²) in [6, 6.07) is 4.77. The van der Waals surface area contributed by atoms with E-state index in [0.29, 0.717) is 50.7 Å². The highest BCUT2D eigenvalue weighted by Gasteiger charge is 2.44. The molecule has 74 heavy (non-hydrogen) atoms. The molecule has 6 aromatic rings. The lowest BCUT2D eigenvalue weighted by molar-refractivity contribution is 0.382. The molecule has 0 saturated heterocycles. The molecular formula is C48H34B2F20N4. The molecule has 6 rings (SSSR count). The number of hydrogen-bond acceptors (Lipinski definition) is 4. The van der Waals surface area contributed by atoms with Gasteiger partial charge in [-0.2, -0.15) is 10.2 Å². The summed E-state index contributed by atoms with van der Waals surface area (Å²) in [4.78, 5) is 0. The quantitative estimate of drug-likeness (QED) is 0.0200. The lowest BCUT2D eigenvalue weighted by Gasteiger charge is -2.22. The third-order valence-electron chi connectivity index (χ3n) is 11.8. The van der Waals surface area contributed by atoms with Crippen molar-refractivity contribution in [3.8, 4) is 0 Å². The number of anilines is 2. The third-order valence-corrected chi connectivity index (χ3v) is 11.8. The van der Waals surface area contributed by atoms with Crippen molar-refractivity contribution in [1.82, 2.24) is 0 Å². The number of hydrogen-bond donors (Lipinski definition) is 2. The smallest absolute Gasteiger partial charge is 0.260 e. The van der Waals surface area contributed by atoms with Gasteiger partial charge in [0.2, 0.25) is 0 Å². The number of nitrogens with zero attached hydrogens (tertiary/aromatic N) is 2. The summed E-state index contributed by atoms with van der Waals surface area (Å²) in [6.45, 7) is -2.87. The average Bonchev–Trinajstić information content (AvgIpc) is 3.39. The van der Waals surface area contributed by atoms with Crippen LogP contribution in [0, 0.1) is 116 Å². The lowest BCUT2D eigenvalue weighted by Crippen LogP contribution is -2.58. The van der Waals surface area contributed by atoms with Gasteiger partial charge in [0, 0.05) is 46.3 Å². The molecule has 0 aliphatic rings. The second-order valence-corrected chi connectivity index (χ2v) is 16.5. The molecule has 0 aliphatic carbocycles. The molecule has 26 heteroatoms. The standard InChI is InChI=1S/C48H34B2F20N4/c1-3-5-7-9-15-71-19-11-13-23(21(17-19)49(25-29(51)37(59)45(67)38(60)30(25)52)26-31(53)39(61)46(68)40(62)32(26)54)73-74-24-14-12-20(72-16-10-8-6-4-2)18-22(24)50(27-33(55)41(63)47(69)42(64)34(27)56)28-35(57)43(65)48(70)44(66)36(28)58/h11-14,17-18,71-72H,3-10,15-16H2,1-2H3. The predicted molar refractivity (Wildman–Crippen MR) is 237 cm³/mol. The summed E-state index contributed by atoms with van der Waals surface area (Å²) in [5.74, 6) is -56.6. The minimum Gasteiger partial charge on any atom is -0.385 e. The summed E-state index contributed by atoms with van der Waals surface area (Å²) in [7, 11) is 0. The van der Waals surface area contributed by atoms with Crippen molar-refractivity contribution in [3.63, 3.8) is 0 Å². The first kappa shape index (κ1) is 56.5. The highest BCUT2D eigenvalue weighted by molar-refractivity contribution is 6.97. The number of rotatable bonds is 20.